The van der Waals surface area contributed by atoms with Crippen molar-refractivity contribution in [2.75, 3.05) is 6.61 Å². The van der Waals surface area contributed by atoms with E-state index in [-0.39, 0.29) is 29.2 Å². The van der Waals surface area contributed by atoms with Gasteiger partial charge in [0.2, 0.25) is 5.75 Å². The number of hydrogen-bond acceptors (Lipinski definition) is 11. The van der Waals surface area contributed by atoms with Crippen LogP contribution >= 0.6 is 7.75 Å². The van der Waals surface area contributed by atoms with Crippen LogP contribution < -0.4 is 15.1 Å². The number of carbonyl (C=O) groups is 1. The second kappa shape index (κ2) is 15.9. The van der Waals surface area contributed by atoms with E-state index in [1.807, 2.05) is 0 Å². The van der Waals surface area contributed by atoms with Gasteiger partial charge in [-0.15, -0.1) is 0 Å². The Morgan fingerprint density at radius 3 is 2.44 bits per heavy atom. The van der Waals surface area contributed by atoms with Gasteiger partial charge in [0.25, 0.3) is 5.91 Å². The van der Waals surface area contributed by atoms with Crippen LogP contribution in [0.3, 0.4) is 0 Å². The van der Waals surface area contributed by atoms with Crippen molar-refractivity contribution in [3.05, 3.63) is 124 Å². The summed E-state index contributed by atoms with van der Waals surface area (Å²) in [6.07, 6.45) is -5.71. The number of nitrogens with zero attached hydrogens (tertiary/aromatic N) is 2. The van der Waals surface area contributed by atoms with Crippen molar-refractivity contribution in [2.24, 2.45) is 4.99 Å². The zero-order chi connectivity index (χ0) is 38.6. The summed E-state index contributed by atoms with van der Waals surface area (Å²) in [4.78, 5) is 27.0. The Morgan fingerprint density at radius 2 is 1.76 bits per heavy atom. The summed E-state index contributed by atoms with van der Waals surface area (Å²) < 4.78 is 94.8. The average Bonchev–Trinajstić information content (AvgIpc) is 3.37. The first-order valence-corrected chi connectivity index (χ1v) is 17.6. The number of nitro groups is 1. The Bertz CT molecular complexity index is 2130. The van der Waals surface area contributed by atoms with Gasteiger partial charge in [-0.25, -0.2) is 27.2 Å². The average molecular weight is 772 g/mol. The van der Waals surface area contributed by atoms with Gasteiger partial charge in [0.15, 0.2) is 12.1 Å². The van der Waals surface area contributed by atoms with Gasteiger partial charge >= 0.3 is 19.4 Å². The highest BCUT2D eigenvalue weighted by atomic mass is 31.2. The minimum Gasteiger partial charge on any atom is -0.450 e. The Balaban J connectivity index is 1.19. The maximum absolute atomic E-state index is 15.1. The Hall–Kier alpha value is -5.36. The maximum atomic E-state index is 15.1. The number of benzene rings is 4. The molecule has 1 amide bonds. The Kier molecular flexibility index (Phi) is 11.3. The number of aliphatic imine (C=N–C) groups is 1. The zero-order valence-corrected chi connectivity index (χ0v) is 28.6. The van der Waals surface area contributed by atoms with Crippen molar-refractivity contribution >= 4 is 31.4 Å². The van der Waals surface area contributed by atoms with Crippen molar-refractivity contribution in [2.45, 2.75) is 43.4 Å². The first-order chi connectivity index (χ1) is 25.7. The quantitative estimate of drug-likeness (QED) is 0.0506. The molecule has 1 saturated heterocycles. The molecule has 4 N–H and O–H groups in total. The standard InChI is InChI=1S/C35H30F4N5O9P/c36-23-9-7-22(8-10-23)25-12-11-24(15-26(25)37)52-28-14-21(6-13-27(28)44(47)48)18-50-54(49,42-16-20-4-2-1-3-5-20)51-19-29-32(45)35(38,39)33(53-29)31-34(46)43-30(40)17-41-31/h1-15,17,29,31-33,45H,16,18-19H2,(H,42,49)(H2,40,43,46). The number of ether oxygens (including phenoxy) is 2. The molecule has 0 radical (unpaired) electrons. The van der Waals surface area contributed by atoms with Crippen LogP contribution in [0.4, 0.5) is 23.2 Å². The number of aliphatic hydroxyl groups excluding tert-OH is 1. The van der Waals surface area contributed by atoms with Gasteiger partial charge in [0.1, 0.15) is 35.4 Å². The number of alkyl halides is 2. The van der Waals surface area contributed by atoms with Crippen LogP contribution in [0.1, 0.15) is 11.1 Å². The van der Waals surface area contributed by atoms with E-state index >= 15 is 13.2 Å². The second-order valence-corrected chi connectivity index (χ2v) is 13.9. The molecule has 1 fully saturated rings. The summed E-state index contributed by atoms with van der Waals surface area (Å²) >= 11 is 0. The normalized spacial score (nSPS) is 21.7. The molecule has 5 atom stereocenters. The molecule has 2 heterocycles. The third-order valence-electron chi connectivity index (χ3n) is 8.30. The fourth-order valence-corrected chi connectivity index (χ4v) is 6.83. The molecular formula is C35H30F4N5O9P. The van der Waals surface area contributed by atoms with Gasteiger partial charge in [0, 0.05) is 24.2 Å². The predicted octanol–water partition coefficient (Wildman–Crippen LogP) is 6.07. The van der Waals surface area contributed by atoms with Crippen LogP contribution in [-0.4, -0.2) is 64.9 Å². The van der Waals surface area contributed by atoms with Crippen molar-refractivity contribution in [1.29, 1.82) is 5.41 Å². The van der Waals surface area contributed by atoms with E-state index in [4.69, 9.17) is 23.9 Å². The highest BCUT2D eigenvalue weighted by molar-refractivity contribution is 7.51. The van der Waals surface area contributed by atoms with Gasteiger partial charge in [-0.05, 0) is 53.1 Å². The largest absolute Gasteiger partial charge is 0.450 e. The van der Waals surface area contributed by atoms with E-state index in [9.17, 15) is 29.0 Å². The molecular weight excluding hydrogens is 741 g/mol. The molecule has 5 unspecified atom stereocenters. The molecule has 0 saturated carbocycles. The number of amidine groups is 1. The summed E-state index contributed by atoms with van der Waals surface area (Å²) in [5, 5.41) is 34.4. The number of amides is 1. The van der Waals surface area contributed by atoms with E-state index < -0.39 is 85.2 Å². The minimum atomic E-state index is -4.47. The molecule has 2 aliphatic rings. The van der Waals surface area contributed by atoms with Crippen molar-refractivity contribution in [3.8, 4) is 22.6 Å². The second-order valence-electron chi connectivity index (χ2n) is 12.0. The summed E-state index contributed by atoms with van der Waals surface area (Å²) in [7, 11) is -4.47. The van der Waals surface area contributed by atoms with Crippen LogP contribution in [0.2, 0.25) is 0 Å². The predicted molar refractivity (Wildman–Crippen MR) is 184 cm³/mol. The monoisotopic (exact) mass is 771 g/mol. The molecule has 14 nitrogen and oxygen atoms in total. The van der Waals surface area contributed by atoms with Crippen LogP contribution in [-0.2, 0) is 36.3 Å². The molecule has 0 aromatic heterocycles. The number of carbonyl (C=O) groups excluding carboxylic acids is 1. The van der Waals surface area contributed by atoms with Crippen LogP contribution in [0.15, 0.2) is 96.0 Å². The molecule has 4 aromatic rings. The lowest BCUT2D eigenvalue weighted by molar-refractivity contribution is -0.385. The molecule has 0 spiro atoms. The Labute approximate surface area is 304 Å². The van der Waals surface area contributed by atoms with Crippen LogP contribution in [0.5, 0.6) is 11.5 Å². The van der Waals surface area contributed by atoms with Gasteiger partial charge < -0.3 is 19.9 Å². The molecule has 4 aromatic carbocycles. The molecule has 2 aliphatic heterocycles. The minimum absolute atomic E-state index is 0.0952. The van der Waals surface area contributed by atoms with E-state index in [1.165, 1.54) is 48.5 Å². The number of halogens is 4. The Morgan fingerprint density at radius 1 is 1.02 bits per heavy atom. The van der Waals surface area contributed by atoms with Gasteiger partial charge in [-0.2, -0.15) is 0 Å². The summed E-state index contributed by atoms with van der Waals surface area (Å²) in [6.45, 7) is -1.54. The zero-order valence-electron chi connectivity index (χ0n) is 27.7. The van der Waals surface area contributed by atoms with E-state index in [0.29, 0.717) is 11.1 Å². The summed E-state index contributed by atoms with van der Waals surface area (Å²) in [5.74, 6) is -7.16. The van der Waals surface area contributed by atoms with Crippen LogP contribution in [0, 0.1) is 27.2 Å². The van der Waals surface area contributed by atoms with E-state index in [1.54, 1.807) is 30.3 Å². The molecule has 54 heavy (non-hydrogen) atoms. The van der Waals surface area contributed by atoms with Gasteiger partial charge in [-0.3, -0.25) is 34.4 Å². The fourth-order valence-electron chi connectivity index (χ4n) is 5.54. The number of hydrogen-bond donors (Lipinski definition) is 4. The lowest BCUT2D eigenvalue weighted by atomic mass is 10.00. The van der Waals surface area contributed by atoms with Crippen molar-refractivity contribution in [3.63, 3.8) is 0 Å². The van der Waals surface area contributed by atoms with Crippen molar-refractivity contribution < 1.29 is 55.5 Å². The van der Waals surface area contributed by atoms with Crippen molar-refractivity contribution in [1.82, 2.24) is 10.4 Å². The van der Waals surface area contributed by atoms with Gasteiger partial charge in [0.05, 0.1) is 24.4 Å². The number of rotatable bonds is 14. The number of nitrogens with one attached hydrogen (secondary N) is 3. The summed E-state index contributed by atoms with van der Waals surface area (Å²) in [6, 6.07) is 19.1. The lowest BCUT2D eigenvalue weighted by Crippen LogP contribution is -2.53. The topological polar surface area (TPSA) is 195 Å². The smallest absolute Gasteiger partial charge is 0.406 e. The SMILES string of the molecule is N=C1C=NC(C2OC(COP(=O)(NCc3ccccc3)OCc3ccc([N+](=O)[O-])c(Oc4ccc(-c5ccc(F)cc5)c(F)c4)c3)C(O)C2(F)F)C(=O)N1. The first-order valence-electron chi connectivity index (χ1n) is 16.1. The van der Waals surface area contributed by atoms with Gasteiger partial charge in [-0.1, -0.05) is 42.5 Å². The van der Waals surface area contributed by atoms with Crippen LogP contribution in [0.25, 0.3) is 11.1 Å². The third kappa shape index (κ3) is 8.71. The molecule has 0 aliphatic carbocycles. The molecule has 282 valence electrons. The third-order valence-corrected chi connectivity index (χ3v) is 9.80. The highest BCUT2D eigenvalue weighted by Gasteiger charge is 2.62. The van der Waals surface area contributed by atoms with E-state index in [2.05, 4.69) is 15.4 Å². The molecule has 19 heteroatoms. The molecule has 6 rings (SSSR count). The van der Waals surface area contributed by atoms with E-state index in [0.717, 1.165) is 18.3 Å². The maximum Gasteiger partial charge on any atom is 0.406 e. The number of nitro benzene ring substituents is 1. The molecule has 0 bridgehead atoms. The lowest BCUT2D eigenvalue weighted by Gasteiger charge is -2.26. The first kappa shape index (κ1) is 38.4. The summed E-state index contributed by atoms with van der Waals surface area (Å²) in [5.41, 5.74) is 0.804. The fraction of sp³-hybridized carbons (Fsp3) is 0.229. The number of aliphatic hydroxyl groups is 1. The highest BCUT2D eigenvalue weighted by Crippen LogP contribution is 2.48.